The minimum Gasteiger partial charge on any atom is -0.463 e. The van der Waals surface area contributed by atoms with E-state index < -0.39 is 6.10 Å². The van der Waals surface area contributed by atoms with E-state index in [2.05, 4.69) is 15.9 Å². The zero-order valence-electron chi connectivity index (χ0n) is 10.4. The summed E-state index contributed by atoms with van der Waals surface area (Å²) in [5.74, 6) is 1.51. The highest BCUT2D eigenvalue weighted by atomic mass is 79.9. The molecule has 3 rings (SSSR count). The molecule has 3 aromatic rings. The summed E-state index contributed by atoms with van der Waals surface area (Å²) in [4.78, 5) is 0. The van der Waals surface area contributed by atoms with E-state index in [4.69, 9.17) is 4.42 Å². The second-order valence-electron chi connectivity index (χ2n) is 4.37. The molecule has 0 aliphatic carbocycles. The lowest BCUT2D eigenvalue weighted by atomic mass is 10.1. The fourth-order valence-electron chi connectivity index (χ4n) is 2.14. The topological polar surface area (TPSA) is 33.4 Å². The molecule has 1 unspecified atom stereocenters. The van der Waals surface area contributed by atoms with Crippen molar-refractivity contribution in [2.45, 2.75) is 19.4 Å². The molecule has 2 aromatic heterocycles. The van der Waals surface area contributed by atoms with Crippen LogP contribution in [-0.2, 0) is 6.42 Å². The number of benzene rings is 1. The van der Waals surface area contributed by atoms with E-state index in [9.17, 15) is 5.11 Å². The zero-order chi connectivity index (χ0) is 13.4. The summed E-state index contributed by atoms with van der Waals surface area (Å²) >= 11 is 5.16. The summed E-state index contributed by atoms with van der Waals surface area (Å²) in [6, 6.07) is 9.79. The fourth-order valence-corrected chi connectivity index (χ4v) is 3.78. The first-order valence-corrected chi connectivity index (χ1v) is 7.80. The second-order valence-corrected chi connectivity index (χ2v) is 6.10. The van der Waals surface area contributed by atoms with E-state index in [1.807, 2.05) is 42.6 Å². The molecule has 0 fully saturated rings. The highest BCUT2D eigenvalue weighted by Crippen LogP contribution is 2.37. The van der Waals surface area contributed by atoms with Gasteiger partial charge >= 0.3 is 0 Å². The van der Waals surface area contributed by atoms with Crippen molar-refractivity contribution in [1.82, 2.24) is 0 Å². The summed E-state index contributed by atoms with van der Waals surface area (Å²) in [7, 11) is 0. The Bertz CT molecular complexity index is 714. The van der Waals surface area contributed by atoms with Gasteiger partial charge < -0.3 is 9.52 Å². The first kappa shape index (κ1) is 12.9. The Morgan fingerprint density at radius 2 is 2.16 bits per heavy atom. The van der Waals surface area contributed by atoms with Crippen molar-refractivity contribution in [3.05, 3.63) is 57.3 Å². The minimum atomic E-state index is -0.705. The summed E-state index contributed by atoms with van der Waals surface area (Å²) in [5, 5.41) is 13.5. The number of hydrogen-bond acceptors (Lipinski definition) is 3. The number of aliphatic hydroxyl groups is 1. The predicted octanol–water partition coefficient (Wildman–Crippen LogP) is 4.90. The number of hydrogen-bond donors (Lipinski definition) is 1. The minimum absolute atomic E-state index is 0.608. The van der Waals surface area contributed by atoms with Gasteiger partial charge in [-0.15, -0.1) is 11.3 Å². The van der Waals surface area contributed by atoms with Gasteiger partial charge in [-0.25, -0.2) is 0 Å². The van der Waals surface area contributed by atoms with Gasteiger partial charge in [0.1, 0.15) is 17.6 Å². The van der Waals surface area contributed by atoms with Crippen LogP contribution in [0.25, 0.3) is 10.1 Å². The van der Waals surface area contributed by atoms with Gasteiger partial charge in [0.25, 0.3) is 0 Å². The molecule has 4 heteroatoms. The van der Waals surface area contributed by atoms with E-state index >= 15 is 0 Å². The maximum atomic E-state index is 10.5. The first-order chi connectivity index (χ1) is 9.20. The summed E-state index contributed by atoms with van der Waals surface area (Å²) in [6.07, 6.45) is 0.131. The Kier molecular flexibility index (Phi) is 3.48. The van der Waals surface area contributed by atoms with E-state index in [1.54, 1.807) is 11.3 Å². The molecule has 0 spiro atoms. The molecule has 0 radical (unpaired) electrons. The third-order valence-electron chi connectivity index (χ3n) is 3.18. The third-order valence-corrected chi connectivity index (χ3v) is 5.15. The monoisotopic (exact) mass is 336 g/mol. The van der Waals surface area contributed by atoms with Gasteiger partial charge in [-0.3, -0.25) is 0 Å². The van der Waals surface area contributed by atoms with Gasteiger partial charge in [0.2, 0.25) is 0 Å². The predicted molar refractivity (Wildman–Crippen MR) is 81.7 cm³/mol. The van der Waals surface area contributed by atoms with Gasteiger partial charge in [0.15, 0.2) is 0 Å². The molecule has 1 aromatic carbocycles. The molecule has 2 heterocycles. The van der Waals surface area contributed by atoms with E-state index in [-0.39, 0.29) is 0 Å². The Morgan fingerprint density at radius 1 is 1.32 bits per heavy atom. The van der Waals surface area contributed by atoms with Gasteiger partial charge in [-0.2, -0.15) is 0 Å². The largest absolute Gasteiger partial charge is 0.463 e. The molecule has 1 atom stereocenters. The van der Waals surface area contributed by atoms with Crippen molar-refractivity contribution in [2.75, 3.05) is 0 Å². The highest BCUT2D eigenvalue weighted by Gasteiger charge is 2.19. The Morgan fingerprint density at radius 3 is 2.89 bits per heavy atom. The molecule has 2 nitrogen and oxygen atoms in total. The van der Waals surface area contributed by atoms with Crippen molar-refractivity contribution >= 4 is 37.4 Å². The third kappa shape index (κ3) is 2.24. The smallest absolute Gasteiger partial charge is 0.138 e. The average molecular weight is 337 g/mol. The lowest BCUT2D eigenvalue weighted by molar-refractivity contribution is 0.189. The number of furan rings is 1. The van der Waals surface area contributed by atoms with Crippen molar-refractivity contribution in [1.29, 1.82) is 0 Å². The molecular formula is C15H13BrO2S. The van der Waals surface area contributed by atoms with E-state index in [0.717, 1.165) is 32.3 Å². The van der Waals surface area contributed by atoms with Crippen LogP contribution >= 0.6 is 27.3 Å². The summed E-state index contributed by atoms with van der Waals surface area (Å²) < 4.78 is 7.85. The van der Waals surface area contributed by atoms with Crippen LogP contribution in [0.2, 0.25) is 0 Å². The Labute approximate surface area is 123 Å². The molecule has 0 aliphatic rings. The van der Waals surface area contributed by atoms with E-state index in [1.165, 1.54) is 0 Å². The van der Waals surface area contributed by atoms with Crippen LogP contribution in [0.3, 0.4) is 0 Å². The molecule has 0 aliphatic heterocycles. The lowest BCUT2D eigenvalue weighted by Gasteiger charge is -2.07. The lowest BCUT2D eigenvalue weighted by Crippen LogP contribution is -1.96. The molecular weight excluding hydrogens is 324 g/mol. The van der Waals surface area contributed by atoms with Crippen molar-refractivity contribution < 1.29 is 9.52 Å². The second kappa shape index (κ2) is 5.12. The number of halogens is 1. The van der Waals surface area contributed by atoms with Crippen LogP contribution in [0.15, 0.2) is 44.6 Å². The van der Waals surface area contributed by atoms with Crippen LogP contribution in [0.1, 0.15) is 30.1 Å². The van der Waals surface area contributed by atoms with Gasteiger partial charge in [-0.1, -0.05) is 19.1 Å². The number of rotatable bonds is 3. The van der Waals surface area contributed by atoms with Gasteiger partial charge in [0.05, 0.1) is 0 Å². The van der Waals surface area contributed by atoms with Crippen LogP contribution in [-0.4, -0.2) is 5.11 Å². The molecule has 0 saturated heterocycles. The highest BCUT2D eigenvalue weighted by molar-refractivity contribution is 9.10. The molecule has 0 saturated carbocycles. The molecule has 1 N–H and O–H groups in total. The normalized spacial score (nSPS) is 13.0. The standard InChI is InChI=1S/C15H13BrO2S/c1-2-9-6-7-13(18-9)14(17)11-8-19-15-10(11)4-3-5-12(15)16/h3-8,14,17H,2H2,1H3. The summed E-state index contributed by atoms with van der Waals surface area (Å²) in [5.41, 5.74) is 0.901. The van der Waals surface area contributed by atoms with Crippen LogP contribution in [0.5, 0.6) is 0 Å². The molecule has 0 bridgehead atoms. The maximum Gasteiger partial charge on any atom is 0.138 e. The number of thiophene rings is 1. The SMILES string of the molecule is CCc1ccc(C(O)c2csc3c(Br)cccc23)o1. The Balaban J connectivity index is 2.06. The number of fused-ring (bicyclic) bond motifs is 1. The fraction of sp³-hybridized carbons (Fsp3) is 0.200. The maximum absolute atomic E-state index is 10.5. The average Bonchev–Trinajstić information content (AvgIpc) is 3.05. The molecule has 98 valence electrons. The molecule has 19 heavy (non-hydrogen) atoms. The van der Waals surface area contributed by atoms with Crippen LogP contribution < -0.4 is 0 Å². The Hall–Kier alpha value is -1.10. The van der Waals surface area contributed by atoms with Crippen molar-refractivity contribution in [2.24, 2.45) is 0 Å². The van der Waals surface area contributed by atoms with Crippen molar-refractivity contribution in [3.8, 4) is 0 Å². The first-order valence-electron chi connectivity index (χ1n) is 6.13. The van der Waals surface area contributed by atoms with E-state index in [0.29, 0.717) is 5.76 Å². The van der Waals surface area contributed by atoms with Gasteiger partial charge in [0, 0.05) is 21.2 Å². The quantitative estimate of drug-likeness (QED) is 0.737. The molecule has 0 amide bonds. The van der Waals surface area contributed by atoms with Crippen molar-refractivity contribution in [3.63, 3.8) is 0 Å². The number of aliphatic hydroxyl groups excluding tert-OH is 1. The number of aryl methyl sites for hydroxylation is 1. The van der Waals surface area contributed by atoms with Crippen LogP contribution in [0, 0.1) is 0 Å². The summed E-state index contributed by atoms with van der Waals surface area (Å²) in [6.45, 7) is 2.03. The van der Waals surface area contributed by atoms with Crippen LogP contribution in [0.4, 0.5) is 0 Å². The zero-order valence-corrected chi connectivity index (χ0v) is 12.8. The van der Waals surface area contributed by atoms with Gasteiger partial charge in [-0.05, 0) is 44.9 Å².